The predicted molar refractivity (Wildman–Crippen MR) is 88.5 cm³/mol. The van der Waals surface area contributed by atoms with Crippen molar-refractivity contribution in [1.29, 1.82) is 0 Å². The standard InChI is InChI=1S/C17H24N2OS/c1-13-3-2-4-14(9-13)11-19(16-5-6-16)17(20)10-15-12-21-8-7-18-15/h2-4,9,15-16,18H,5-8,10-12H2,1H3. The molecule has 0 aromatic heterocycles. The number of nitrogens with one attached hydrogen (secondary N) is 1. The van der Waals surface area contributed by atoms with E-state index in [1.807, 2.05) is 11.8 Å². The van der Waals surface area contributed by atoms with Gasteiger partial charge in [0.05, 0.1) is 0 Å². The monoisotopic (exact) mass is 304 g/mol. The summed E-state index contributed by atoms with van der Waals surface area (Å²) >= 11 is 1.95. The van der Waals surface area contributed by atoms with Crippen molar-refractivity contribution in [1.82, 2.24) is 10.2 Å². The predicted octanol–water partition coefficient (Wildman–Crippen LogP) is 2.58. The Bertz CT molecular complexity index is 495. The van der Waals surface area contributed by atoms with Crippen LogP contribution >= 0.6 is 11.8 Å². The van der Waals surface area contributed by atoms with Crippen LogP contribution in [0.25, 0.3) is 0 Å². The lowest BCUT2D eigenvalue weighted by molar-refractivity contribution is -0.132. The van der Waals surface area contributed by atoms with Crippen LogP contribution in [-0.4, -0.2) is 40.9 Å². The molecule has 0 radical (unpaired) electrons. The zero-order valence-electron chi connectivity index (χ0n) is 12.7. The number of hydrogen-bond acceptors (Lipinski definition) is 3. The number of thioether (sulfide) groups is 1. The van der Waals surface area contributed by atoms with E-state index < -0.39 is 0 Å². The van der Waals surface area contributed by atoms with E-state index in [9.17, 15) is 4.79 Å². The van der Waals surface area contributed by atoms with Crippen LogP contribution in [-0.2, 0) is 11.3 Å². The Labute approximate surface area is 131 Å². The second-order valence-corrected chi connectivity index (χ2v) is 7.32. The van der Waals surface area contributed by atoms with Gasteiger partial charge in [0.15, 0.2) is 0 Å². The summed E-state index contributed by atoms with van der Waals surface area (Å²) in [5.74, 6) is 2.55. The molecular weight excluding hydrogens is 280 g/mol. The lowest BCUT2D eigenvalue weighted by atomic mass is 10.1. The lowest BCUT2D eigenvalue weighted by Gasteiger charge is -2.27. The van der Waals surface area contributed by atoms with Crippen molar-refractivity contribution in [3.8, 4) is 0 Å². The highest BCUT2D eigenvalue weighted by Crippen LogP contribution is 2.29. The maximum Gasteiger partial charge on any atom is 0.224 e. The number of aryl methyl sites for hydroxylation is 1. The van der Waals surface area contributed by atoms with Gasteiger partial charge >= 0.3 is 0 Å². The minimum atomic E-state index is 0.319. The van der Waals surface area contributed by atoms with Crippen molar-refractivity contribution in [2.75, 3.05) is 18.1 Å². The molecule has 1 heterocycles. The van der Waals surface area contributed by atoms with Crippen LogP contribution in [0.2, 0.25) is 0 Å². The van der Waals surface area contributed by atoms with Gasteiger partial charge in [0.1, 0.15) is 0 Å². The van der Waals surface area contributed by atoms with E-state index in [0.717, 1.165) is 18.8 Å². The molecule has 4 heteroatoms. The van der Waals surface area contributed by atoms with Gasteiger partial charge in [0, 0.05) is 43.1 Å². The second-order valence-electron chi connectivity index (χ2n) is 6.17. The highest BCUT2D eigenvalue weighted by atomic mass is 32.2. The number of carbonyl (C=O) groups excluding carboxylic acids is 1. The first-order valence-corrected chi connectivity index (χ1v) is 9.04. The molecule has 3 nitrogen and oxygen atoms in total. The minimum Gasteiger partial charge on any atom is -0.335 e. The first-order valence-electron chi connectivity index (χ1n) is 7.88. The number of hydrogen-bond donors (Lipinski definition) is 1. The first kappa shape index (κ1) is 14.9. The van der Waals surface area contributed by atoms with Gasteiger partial charge in [-0.1, -0.05) is 29.8 Å². The molecule has 3 rings (SSSR count). The summed E-state index contributed by atoms with van der Waals surface area (Å²) in [5, 5.41) is 3.47. The highest BCUT2D eigenvalue weighted by Gasteiger charge is 2.33. The van der Waals surface area contributed by atoms with Crippen LogP contribution < -0.4 is 5.32 Å². The topological polar surface area (TPSA) is 32.3 Å². The quantitative estimate of drug-likeness (QED) is 0.907. The maximum atomic E-state index is 12.7. The molecule has 0 bridgehead atoms. The van der Waals surface area contributed by atoms with E-state index in [4.69, 9.17) is 0 Å². The fourth-order valence-corrected chi connectivity index (χ4v) is 3.84. The van der Waals surface area contributed by atoms with Crippen molar-refractivity contribution in [2.24, 2.45) is 0 Å². The number of amides is 1. The van der Waals surface area contributed by atoms with Crippen molar-refractivity contribution < 1.29 is 4.79 Å². The molecule has 21 heavy (non-hydrogen) atoms. The zero-order valence-corrected chi connectivity index (χ0v) is 13.5. The number of benzene rings is 1. The number of nitrogens with zero attached hydrogens (tertiary/aromatic N) is 1. The molecule has 1 N–H and O–H groups in total. The minimum absolute atomic E-state index is 0.319. The third-order valence-electron chi connectivity index (χ3n) is 4.16. The normalized spacial score (nSPS) is 22.0. The molecule has 1 aromatic carbocycles. The average molecular weight is 304 g/mol. The Morgan fingerprint density at radius 2 is 2.29 bits per heavy atom. The van der Waals surface area contributed by atoms with Crippen molar-refractivity contribution in [3.63, 3.8) is 0 Å². The molecule has 1 unspecified atom stereocenters. The molecule has 2 fully saturated rings. The SMILES string of the molecule is Cc1cccc(CN(C(=O)CC2CSCCN2)C2CC2)c1. The highest BCUT2D eigenvalue weighted by molar-refractivity contribution is 7.99. The van der Waals surface area contributed by atoms with Crippen LogP contribution in [0.5, 0.6) is 0 Å². The molecule has 1 aliphatic heterocycles. The lowest BCUT2D eigenvalue weighted by Crippen LogP contribution is -2.43. The van der Waals surface area contributed by atoms with E-state index in [1.165, 1.54) is 29.7 Å². The summed E-state index contributed by atoms with van der Waals surface area (Å²) in [6.07, 6.45) is 2.99. The van der Waals surface area contributed by atoms with Crippen molar-refractivity contribution in [3.05, 3.63) is 35.4 Å². The van der Waals surface area contributed by atoms with Gasteiger partial charge in [-0.05, 0) is 25.3 Å². The Balaban J connectivity index is 1.62. The van der Waals surface area contributed by atoms with E-state index in [0.29, 0.717) is 24.4 Å². The third kappa shape index (κ3) is 4.24. The van der Waals surface area contributed by atoms with Crippen LogP contribution in [0, 0.1) is 6.92 Å². The first-order chi connectivity index (χ1) is 10.2. The fraction of sp³-hybridized carbons (Fsp3) is 0.588. The molecule has 1 aromatic rings. The van der Waals surface area contributed by atoms with Crippen molar-refractivity contribution >= 4 is 17.7 Å². The van der Waals surface area contributed by atoms with E-state index in [-0.39, 0.29) is 0 Å². The maximum absolute atomic E-state index is 12.7. The summed E-state index contributed by atoms with van der Waals surface area (Å²) in [6.45, 7) is 3.91. The van der Waals surface area contributed by atoms with Gasteiger partial charge in [0.2, 0.25) is 5.91 Å². The zero-order chi connectivity index (χ0) is 14.7. The van der Waals surface area contributed by atoms with Gasteiger partial charge in [0.25, 0.3) is 0 Å². The Morgan fingerprint density at radius 3 is 2.95 bits per heavy atom. The Hall–Kier alpha value is -1.00. The fourth-order valence-electron chi connectivity index (χ4n) is 2.89. The van der Waals surface area contributed by atoms with Gasteiger partial charge < -0.3 is 10.2 Å². The Kier molecular flexibility index (Phi) is 4.86. The molecule has 1 saturated heterocycles. The van der Waals surface area contributed by atoms with E-state index >= 15 is 0 Å². The molecular formula is C17H24N2OS. The summed E-state index contributed by atoms with van der Waals surface area (Å²) in [4.78, 5) is 14.8. The molecule has 0 spiro atoms. The molecule has 114 valence electrons. The van der Waals surface area contributed by atoms with Gasteiger partial charge in [-0.3, -0.25) is 4.79 Å². The van der Waals surface area contributed by atoms with Crippen LogP contribution in [0.15, 0.2) is 24.3 Å². The van der Waals surface area contributed by atoms with Crippen LogP contribution in [0.3, 0.4) is 0 Å². The van der Waals surface area contributed by atoms with Crippen LogP contribution in [0.4, 0.5) is 0 Å². The van der Waals surface area contributed by atoms with Crippen LogP contribution in [0.1, 0.15) is 30.4 Å². The number of carbonyl (C=O) groups is 1. The molecule has 1 saturated carbocycles. The average Bonchev–Trinajstić information content (AvgIpc) is 3.30. The largest absolute Gasteiger partial charge is 0.335 e. The summed E-state index contributed by atoms with van der Waals surface area (Å²) in [6, 6.07) is 9.35. The van der Waals surface area contributed by atoms with E-state index in [1.54, 1.807) is 0 Å². The Morgan fingerprint density at radius 1 is 1.43 bits per heavy atom. The summed E-state index contributed by atoms with van der Waals surface area (Å²) in [5.41, 5.74) is 2.52. The van der Waals surface area contributed by atoms with Gasteiger partial charge in [-0.2, -0.15) is 11.8 Å². The smallest absolute Gasteiger partial charge is 0.224 e. The summed E-state index contributed by atoms with van der Waals surface area (Å²) in [7, 11) is 0. The van der Waals surface area contributed by atoms with Gasteiger partial charge in [-0.25, -0.2) is 0 Å². The number of rotatable bonds is 5. The third-order valence-corrected chi connectivity index (χ3v) is 5.29. The van der Waals surface area contributed by atoms with Crippen molar-refractivity contribution in [2.45, 2.75) is 44.8 Å². The molecule has 1 amide bonds. The van der Waals surface area contributed by atoms with Gasteiger partial charge in [-0.15, -0.1) is 0 Å². The molecule has 2 aliphatic rings. The molecule has 1 aliphatic carbocycles. The second kappa shape index (κ2) is 6.84. The summed E-state index contributed by atoms with van der Waals surface area (Å²) < 4.78 is 0. The van der Waals surface area contributed by atoms with E-state index in [2.05, 4.69) is 41.4 Å². The molecule has 1 atom stereocenters.